The summed E-state index contributed by atoms with van der Waals surface area (Å²) in [6, 6.07) is 0. The van der Waals surface area contributed by atoms with E-state index >= 15 is 0 Å². The molecule has 2 fully saturated rings. The van der Waals surface area contributed by atoms with E-state index in [1.54, 1.807) is 0 Å². The van der Waals surface area contributed by atoms with Gasteiger partial charge in [0.05, 0.1) is 0 Å². The summed E-state index contributed by atoms with van der Waals surface area (Å²) in [7, 11) is 0. The molecule has 17 heavy (non-hydrogen) atoms. The van der Waals surface area contributed by atoms with Crippen LogP contribution >= 0.6 is 0 Å². The normalized spacial score (nSPS) is 23.9. The first-order chi connectivity index (χ1) is 7.41. The van der Waals surface area contributed by atoms with Crippen LogP contribution in [0.5, 0.6) is 0 Å². The third kappa shape index (κ3) is 4.08. The number of rotatable bonds is 3. The van der Waals surface area contributed by atoms with E-state index in [1.165, 1.54) is 19.3 Å². The van der Waals surface area contributed by atoms with Crippen molar-refractivity contribution >= 4 is 6.98 Å². The first-order valence-corrected chi connectivity index (χ1v) is 6.01. The summed E-state index contributed by atoms with van der Waals surface area (Å²) >= 11 is 0. The van der Waals surface area contributed by atoms with Gasteiger partial charge in [-0.2, -0.15) is 0 Å². The molecule has 0 aromatic rings. The number of nitrogens with zero attached hydrogens (tertiary/aromatic N) is 1. The Labute approximate surface area is 144 Å². The van der Waals surface area contributed by atoms with E-state index in [2.05, 4.69) is 6.58 Å². The topological polar surface area (TPSA) is 3.24 Å². The first-order valence-electron chi connectivity index (χ1n) is 6.01. The van der Waals surface area contributed by atoms with E-state index in [0.717, 1.165) is 25.9 Å². The molecule has 0 amide bonds. The van der Waals surface area contributed by atoms with Gasteiger partial charge in [-0.25, -0.2) is 0 Å². The number of hydrogen-bond donors (Lipinski definition) is 0. The van der Waals surface area contributed by atoms with Crippen LogP contribution in [0.15, 0.2) is 12.1 Å². The molecule has 0 bridgehead atoms. The summed E-state index contributed by atoms with van der Waals surface area (Å²) in [5.74, 6) is 0. The van der Waals surface area contributed by atoms with Gasteiger partial charge in [-0.15, -0.1) is 12.1 Å². The minimum Gasteiger partial charge on any atom is -0.445 e. The Balaban J connectivity index is 0.00000144. The summed E-state index contributed by atoms with van der Waals surface area (Å²) in [5, 5.41) is 0. The fourth-order valence-electron chi connectivity index (χ4n) is 2.75. The summed E-state index contributed by atoms with van der Waals surface area (Å²) in [6.45, 7) is -0.0651. The summed E-state index contributed by atoms with van der Waals surface area (Å²) < 4.78 is 37.1. The first kappa shape index (κ1) is 16.2. The standard InChI is InChI=1S/C11H18BF3N.K/c1-10(12(13,14)15)9-16-7-5-11(6-8-16)3-2-4-11;/h1-9H2;/q-1;+1. The predicted octanol–water partition coefficient (Wildman–Crippen LogP) is 0.199. The van der Waals surface area contributed by atoms with Gasteiger partial charge in [0, 0.05) is 0 Å². The molecule has 1 heterocycles. The smallest absolute Gasteiger partial charge is 0.445 e. The van der Waals surface area contributed by atoms with Gasteiger partial charge in [0.15, 0.2) is 0 Å². The Morgan fingerprint density at radius 2 is 1.65 bits per heavy atom. The van der Waals surface area contributed by atoms with E-state index in [0.29, 0.717) is 5.41 Å². The minimum atomic E-state index is -4.85. The second-order valence-corrected chi connectivity index (χ2v) is 5.36. The zero-order valence-electron chi connectivity index (χ0n) is 10.5. The maximum Gasteiger partial charge on any atom is 1.00 e. The molecule has 0 N–H and O–H groups in total. The van der Waals surface area contributed by atoms with Crippen molar-refractivity contribution in [3.63, 3.8) is 0 Å². The van der Waals surface area contributed by atoms with Crippen molar-refractivity contribution in [2.24, 2.45) is 5.41 Å². The number of hydrogen-bond acceptors (Lipinski definition) is 1. The Bertz CT molecular complexity index is 279. The maximum absolute atomic E-state index is 12.4. The Morgan fingerprint density at radius 3 is 2.00 bits per heavy atom. The molecule has 1 saturated heterocycles. The molecule has 1 spiro atoms. The summed E-state index contributed by atoms with van der Waals surface area (Å²) in [4.78, 5) is 1.90. The number of piperidine rings is 1. The molecular weight excluding hydrogens is 253 g/mol. The van der Waals surface area contributed by atoms with Gasteiger partial charge in [-0.05, 0) is 50.7 Å². The van der Waals surface area contributed by atoms with Gasteiger partial charge in [-0.3, -0.25) is 0 Å². The zero-order chi connectivity index (χ0) is 11.8. The molecule has 0 aromatic heterocycles. The van der Waals surface area contributed by atoms with E-state index in [9.17, 15) is 12.9 Å². The average Bonchev–Trinajstić information content (AvgIpc) is 2.15. The molecule has 1 aliphatic carbocycles. The molecule has 92 valence electrons. The summed E-state index contributed by atoms with van der Waals surface area (Å²) in [6.07, 6.45) is 6.02. The van der Waals surface area contributed by atoms with Crippen LogP contribution in [0.1, 0.15) is 32.1 Å². The van der Waals surface area contributed by atoms with Crippen LogP contribution in [0.3, 0.4) is 0 Å². The summed E-state index contributed by atoms with van der Waals surface area (Å²) in [5.41, 5.74) is -0.0501. The van der Waals surface area contributed by atoms with Crippen LogP contribution in [0.4, 0.5) is 12.9 Å². The van der Waals surface area contributed by atoms with Gasteiger partial charge in [0.25, 0.3) is 0 Å². The Hall–Kier alpha value is 1.19. The van der Waals surface area contributed by atoms with E-state index in [-0.39, 0.29) is 57.9 Å². The van der Waals surface area contributed by atoms with E-state index in [1.807, 2.05) is 4.90 Å². The monoisotopic (exact) mass is 271 g/mol. The fraction of sp³-hybridized carbons (Fsp3) is 0.818. The Kier molecular flexibility index (Phi) is 5.83. The van der Waals surface area contributed by atoms with Crippen molar-refractivity contribution in [3.05, 3.63) is 12.1 Å². The minimum absolute atomic E-state index is 0. The van der Waals surface area contributed by atoms with Crippen molar-refractivity contribution in [2.45, 2.75) is 32.1 Å². The maximum atomic E-state index is 12.4. The molecule has 1 nitrogen and oxygen atoms in total. The number of likely N-dealkylation sites (tertiary alicyclic amines) is 1. The second-order valence-electron chi connectivity index (χ2n) is 5.36. The van der Waals surface area contributed by atoms with Crippen LogP contribution in [0.2, 0.25) is 0 Å². The van der Waals surface area contributed by atoms with Crippen LogP contribution in [-0.4, -0.2) is 31.5 Å². The molecule has 2 rings (SSSR count). The average molecular weight is 271 g/mol. The van der Waals surface area contributed by atoms with Crippen LogP contribution < -0.4 is 51.4 Å². The van der Waals surface area contributed by atoms with Crippen molar-refractivity contribution in [2.75, 3.05) is 19.6 Å². The largest absolute Gasteiger partial charge is 1.00 e. The molecular formula is C11H18BF3KN. The van der Waals surface area contributed by atoms with Crippen molar-refractivity contribution < 1.29 is 64.3 Å². The van der Waals surface area contributed by atoms with Crippen LogP contribution in [0.25, 0.3) is 0 Å². The Morgan fingerprint density at radius 1 is 1.12 bits per heavy atom. The van der Waals surface area contributed by atoms with Crippen LogP contribution in [0, 0.1) is 5.41 Å². The predicted molar refractivity (Wildman–Crippen MR) is 60.2 cm³/mol. The third-order valence-electron chi connectivity index (χ3n) is 4.22. The molecule has 0 atom stereocenters. The second kappa shape index (κ2) is 6.10. The molecule has 2 aliphatic rings. The molecule has 0 aromatic carbocycles. The zero-order valence-corrected chi connectivity index (χ0v) is 13.6. The van der Waals surface area contributed by atoms with Crippen molar-refractivity contribution in [1.29, 1.82) is 0 Å². The molecule has 1 saturated carbocycles. The van der Waals surface area contributed by atoms with Crippen molar-refractivity contribution in [1.82, 2.24) is 4.90 Å². The van der Waals surface area contributed by atoms with Crippen molar-refractivity contribution in [3.8, 4) is 0 Å². The number of halogens is 3. The van der Waals surface area contributed by atoms with E-state index < -0.39 is 12.4 Å². The van der Waals surface area contributed by atoms with Gasteiger partial charge < -0.3 is 17.8 Å². The molecule has 0 radical (unpaired) electrons. The van der Waals surface area contributed by atoms with Gasteiger partial charge in [0.2, 0.25) is 0 Å². The van der Waals surface area contributed by atoms with Gasteiger partial charge in [-0.1, -0.05) is 6.42 Å². The molecule has 6 heteroatoms. The van der Waals surface area contributed by atoms with Crippen LogP contribution in [-0.2, 0) is 0 Å². The fourth-order valence-corrected chi connectivity index (χ4v) is 2.75. The SMILES string of the molecule is C=C(CN1CCC2(CCC2)CC1)[B-](F)(F)F.[K+]. The van der Waals surface area contributed by atoms with Gasteiger partial charge >= 0.3 is 58.4 Å². The van der Waals surface area contributed by atoms with Gasteiger partial charge in [0.1, 0.15) is 0 Å². The molecule has 1 aliphatic heterocycles. The van der Waals surface area contributed by atoms with E-state index in [4.69, 9.17) is 0 Å². The quantitative estimate of drug-likeness (QED) is 0.663. The third-order valence-corrected chi connectivity index (χ3v) is 4.22. The molecule has 0 unspecified atom stereocenters.